The molecule has 0 aromatic carbocycles. The zero-order chi connectivity index (χ0) is 16.1. The van der Waals surface area contributed by atoms with Gasteiger partial charge in [0.1, 0.15) is 18.2 Å². The summed E-state index contributed by atoms with van der Waals surface area (Å²) in [6, 6.07) is 1.90. The van der Waals surface area contributed by atoms with E-state index in [4.69, 9.17) is 4.74 Å². The van der Waals surface area contributed by atoms with Crippen LogP contribution in [0.1, 0.15) is 44.3 Å². The van der Waals surface area contributed by atoms with E-state index in [1.807, 2.05) is 13.0 Å². The average Bonchev–Trinajstić information content (AvgIpc) is 3.23. The summed E-state index contributed by atoms with van der Waals surface area (Å²) < 4.78 is 5.71. The molecule has 3 rings (SSSR count). The van der Waals surface area contributed by atoms with Crippen LogP contribution in [0.4, 0.5) is 5.82 Å². The second kappa shape index (κ2) is 7.62. The third-order valence-electron chi connectivity index (χ3n) is 4.61. The SMILES string of the molecule is Cc1nc(OCCNC(=O)C2CCCC2)cc(N2CCCC2)n1. The molecule has 23 heavy (non-hydrogen) atoms. The summed E-state index contributed by atoms with van der Waals surface area (Å²) in [5, 5.41) is 2.96. The van der Waals surface area contributed by atoms with Gasteiger partial charge in [0.15, 0.2) is 0 Å². The highest BCUT2D eigenvalue weighted by molar-refractivity contribution is 5.78. The molecule has 6 heteroatoms. The minimum atomic E-state index is 0.169. The van der Waals surface area contributed by atoms with Crippen LogP contribution in [0, 0.1) is 12.8 Å². The number of ether oxygens (including phenoxy) is 1. The number of rotatable bonds is 6. The van der Waals surface area contributed by atoms with Crippen molar-refractivity contribution in [3.05, 3.63) is 11.9 Å². The molecule has 2 heterocycles. The van der Waals surface area contributed by atoms with Gasteiger partial charge in [-0.2, -0.15) is 4.98 Å². The highest BCUT2D eigenvalue weighted by atomic mass is 16.5. The number of hydrogen-bond acceptors (Lipinski definition) is 5. The van der Waals surface area contributed by atoms with Crippen LogP contribution in [0.3, 0.4) is 0 Å². The number of anilines is 1. The van der Waals surface area contributed by atoms with E-state index in [-0.39, 0.29) is 11.8 Å². The van der Waals surface area contributed by atoms with Gasteiger partial charge in [0.25, 0.3) is 0 Å². The molecular formula is C17H26N4O2. The van der Waals surface area contributed by atoms with E-state index in [1.54, 1.807) is 0 Å². The Kier molecular flexibility index (Phi) is 5.31. The first-order chi connectivity index (χ1) is 11.2. The Bertz CT molecular complexity index is 537. The minimum Gasteiger partial charge on any atom is -0.476 e. The van der Waals surface area contributed by atoms with Gasteiger partial charge in [0, 0.05) is 25.1 Å². The molecule has 1 aromatic heterocycles. The smallest absolute Gasteiger partial charge is 0.223 e. The Labute approximate surface area is 137 Å². The van der Waals surface area contributed by atoms with E-state index in [0.717, 1.165) is 37.6 Å². The van der Waals surface area contributed by atoms with Gasteiger partial charge in [-0.3, -0.25) is 4.79 Å². The molecule has 0 spiro atoms. The van der Waals surface area contributed by atoms with Crippen LogP contribution >= 0.6 is 0 Å². The maximum atomic E-state index is 11.9. The normalized spacial score (nSPS) is 18.4. The third kappa shape index (κ3) is 4.33. The molecule has 1 aromatic rings. The predicted octanol–water partition coefficient (Wildman–Crippen LogP) is 2.07. The fourth-order valence-corrected chi connectivity index (χ4v) is 3.37. The van der Waals surface area contributed by atoms with Crippen LogP contribution in [-0.2, 0) is 4.79 Å². The molecule has 2 fully saturated rings. The van der Waals surface area contributed by atoms with E-state index >= 15 is 0 Å². The summed E-state index contributed by atoms with van der Waals surface area (Å²) in [5.41, 5.74) is 0. The van der Waals surface area contributed by atoms with Gasteiger partial charge in [-0.15, -0.1) is 0 Å². The Balaban J connectivity index is 1.46. The topological polar surface area (TPSA) is 67.3 Å². The van der Waals surface area contributed by atoms with Crippen LogP contribution in [0.5, 0.6) is 5.88 Å². The molecule has 0 radical (unpaired) electrons. The van der Waals surface area contributed by atoms with E-state index < -0.39 is 0 Å². The molecule has 2 aliphatic rings. The van der Waals surface area contributed by atoms with Gasteiger partial charge in [-0.1, -0.05) is 12.8 Å². The second-order valence-corrected chi connectivity index (χ2v) is 6.43. The molecule has 6 nitrogen and oxygen atoms in total. The standard InChI is InChI=1S/C17H26N4O2/c1-13-19-15(21-9-4-5-10-21)12-16(20-13)23-11-8-18-17(22)14-6-2-3-7-14/h12,14H,2-11H2,1H3,(H,18,22). The van der Waals surface area contributed by atoms with Crippen LogP contribution in [0.15, 0.2) is 6.07 Å². The molecule has 1 aliphatic carbocycles. The number of hydrogen-bond donors (Lipinski definition) is 1. The van der Waals surface area contributed by atoms with E-state index in [1.165, 1.54) is 25.7 Å². The monoisotopic (exact) mass is 318 g/mol. The zero-order valence-electron chi connectivity index (χ0n) is 13.9. The molecular weight excluding hydrogens is 292 g/mol. The number of aromatic nitrogens is 2. The van der Waals surface area contributed by atoms with Gasteiger partial charge >= 0.3 is 0 Å². The van der Waals surface area contributed by atoms with Crippen molar-refractivity contribution in [2.24, 2.45) is 5.92 Å². The maximum absolute atomic E-state index is 11.9. The van der Waals surface area contributed by atoms with Gasteiger partial charge in [0.2, 0.25) is 11.8 Å². The van der Waals surface area contributed by atoms with Gasteiger partial charge in [0.05, 0.1) is 6.54 Å². The number of amides is 1. The minimum absolute atomic E-state index is 0.169. The molecule has 126 valence electrons. The first-order valence-electron chi connectivity index (χ1n) is 8.73. The fraction of sp³-hybridized carbons (Fsp3) is 0.706. The molecule has 1 saturated carbocycles. The lowest BCUT2D eigenvalue weighted by Gasteiger charge is -2.17. The largest absolute Gasteiger partial charge is 0.476 e. The molecule has 1 N–H and O–H groups in total. The van der Waals surface area contributed by atoms with Crippen molar-refractivity contribution < 1.29 is 9.53 Å². The van der Waals surface area contributed by atoms with Crippen LogP contribution in [0.25, 0.3) is 0 Å². The van der Waals surface area contributed by atoms with E-state index in [2.05, 4.69) is 20.2 Å². The first kappa shape index (κ1) is 16.0. The lowest BCUT2D eigenvalue weighted by molar-refractivity contribution is -0.124. The van der Waals surface area contributed by atoms with Crippen molar-refractivity contribution in [1.29, 1.82) is 0 Å². The third-order valence-corrected chi connectivity index (χ3v) is 4.61. The van der Waals surface area contributed by atoms with Crippen LogP contribution in [-0.4, -0.2) is 42.1 Å². The van der Waals surface area contributed by atoms with Crippen molar-refractivity contribution in [1.82, 2.24) is 15.3 Å². The van der Waals surface area contributed by atoms with Gasteiger partial charge in [-0.25, -0.2) is 4.98 Å². The van der Waals surface area contributed by atoms with Gasteiger partial charge < -0.3 is 15.0 Å². The lowest BCUT2D eigenvalue weighted by atomic mass is 10.1. The zero-order valence-corrected chi connectivity index (χ0v) is 13.9. The summed E-state index contributed by atoms with van der Waals surface area (Å²) in [7, 11) is 0. The van der Waals surface area contributed by atoms with E-state index in [0.29, 0.717) is 19.0 Å². The second-order valence-electron chi connectivity index (χ2n) is 6.43. The highest BCUT2D eigenvalue weighted by Crippen LogP contribution is 2.24. The lowest BCUT2D eigenvalue weighted by Crippen LogP contribution is -2.32. The number of nitrogens with one attached hydrogen (secondary N) is 1. The Morgan fingerprint density at radius 1 is 1.26 bits per heavy atom. The average molecular weight is 318 g/mol. The summed E-state index contributed by atoms with van der Waals surface area (Å²) in [6.45, 7) is 4.95. The maximum Gasteiger partial charge on any atom is 0.223 e. The fourth-order valence-electron chi connectivity index (χ4n) is 3.37. The molecule has 0 bridgehead atoms. The number of aryl methyl sites for hydroxylation is 1. The Morgan fingerprint density at radius 3 is 2.74 bits per heavy atom. The summed E-state index contributed by atoms with van der Waals surface area (Å²) in [4.78, 5) is 23.0. The van der Waals surface area contributed by atoms with E-state index in [9.17, 15) is 4.79 Å². The van der Waals surface area contributed by atoms with Crippen molar-refractivity contribution in [3.63, 3.8) is 0 Å². The van der Waals surface area contributed by atoms with Crippen LogP contribution in [0.2, 0.25) is 0 Å². The highest BCUT2D eigenvalue weighted by Gasteiger charge is 2.22. The summed E-state index contributed by atoms with van der Waals surface area (Å²) in [6.07, 6.45) is 6.83. The van der Waals surface area contributed by atoms with Crippen molar-refractivity contribution in [2.75, 3.05) is 31.1 Å². The number of carbonyl (C=O) groups excluding carboxylic acids is 1. The molecule has 1 saturated heterocycles. The van der Waals surface area contributed by atoms with Crippen molar-refractivity contribution in [2.45, 2.75) is 45.4 Å². The molecule has 0 unspecified atom stereocenters. The van der Waals surface area contributed by atoms with Crippen molar-refractivity contribution in [3.8, 4) is 5.88 Å². The van der Waals surface area contributed by atoms with Crippen molar-refractivity contribution >= 4 is 11.7 Å². The van der Waals surface area contributed by atoms with Crippen LogP contribution < -0.4 is 15.0 Å². The molecule has 1 aliphatic heterocycles. The predicted molar refractivity (Wildman–Crippen MR) is 88.7 cm³/mol. The Morgan fingerprint density at radius 2 is 2.00 bits per heavy atom. The first-order valence-corrected chi connectivity index (χ1v) is 8.73. The summed E-state index contributed by atoms with van der Waals surface area (Å²) in [5.74, 6) is 2.63. The number of nitrogens with zero attached hydrogens (tertiary/aromatic N) is 3. The Hall–Kier alpha value is -1.85. The molecule has 0 atom stereocenters. The quantitative estimate of drug-likeness (QED) is 0.813. The van der Waals surface area contributed by atoms with Gasteiger partial charge in [-0.05, 0) is 32.6 Å². The number of carbonyl (C=O) groups is 1. The molecule has 1 amide bonds. The summed E-state index contributed by atoms with van der Waals surface area (Å²) >= 11 is 0.